The molecule has 272 valence electrons. The SMILES string of the molecule is C[C@H](NC(=O)[C@@]1(OC(=O)c2ccco2)CCC2C3CCC4=Cc5c(cnn5-c5ccc(F)cc5)CC4(C)C3C(O)CC21C)c1cccc2ccccc12. The van der Waals surface area contributed by atoms with Crippen LogP contribution in [-0.2, 0) is 16.0 Å². The molecule has 1 amide bonds. The van der Waals surface area contributed by atoms with Gasteiger partial charge in [-0.1, -0.05) is 61.9 Å². The summed E-state index contributed by atoms with van der Waals surface area (Å²) in [6.45, 7) is 6.30. The smallest absolute Gasteiger partial charge is 0.375 e. The van der Waals surface area contributed by atoms with Gasteiger partial charge in [-0.25, -0.2) is 13.9 Å². The number of esters is 1. The first-order valence-electron chi connectivity index (χ1n) is 18.8. The van der Waals surface area contributed by atoms with E-state index in [9.17, 15) is 19.1 Å². The van der Waals surface area contributed by atoms with E-state index in [4.69, 9.17) is 14.3 Å². The number of hydrogen-bond acceptors (Lipinski definition) is 6. The summed E-state index contributed by atoms with van der Waals surface area (Å²) in [5.41, 5.74) is 2.46. The molecule has 53 heavy (non-hydrogen) atoms. The van der Waals surface area contributed by atoms with Crippen LogP contribution in [-0.4, -0.2) is 38.5 Å². The van der Waals surface area contributed by atoms with Crippen LogP contribution in [0, 0.1) is 34.4 Å². The predicted molar refractivity (Wildman–Crippen MR) is 198 cm³/mol. The average Bonchev–Trinajstić information content (AvgIpc) is 3.89. The van der Waals surface area contributed by atoms with E-state index < -0.39 is 23.1 Å². The van der Waals surface area contributed by atoms with Crippen LogP contribution < -0.4 is 5.32 Å². The normalized spacial score (nSPS) is 30.7. The van der Waals surface area contributed by atoms with Crippen molar-refractivity contribution < 1.29 is 28.2 Å². The monoisotopic (exact) mass is 713 g/mol. The van der Waals surface area contributed by atoms with Gasteiger partial charge in [0.25, 0.3) is 5.91 Å². The maximum atomic E-state index is 14.9. The van der Waals surface area contributed by atoms with Crippen molar-refractivity contribution in [2.75, 3.05) is 0 Å². The number of allylic oxidation sites excluding steroid dienone is 1. The van der Waals surface area contributed by atoms with E-state index in [1.165, 1.54) is 24.0 Å². The van der Waals surface area contributed by atoms with Crippen LogP contribution in [0.3, 0.4) is 0 Å². The molecule has 4 aliphatic carbocycles. The molecule has 0 aliphatic heterocycles. The molecular formula is C44H44FN3O5. The predicted octanol–water partition coefficient (Wildman–Crippen LogP) is 8.38. The molecule has 0 radical (unpaired) electrons. The molecule has 8 atom stereocenters. The Morgan fingerprint density at radius 3 is 2.62 bits per heavy atom. The molecule has 3 fully saturated rings. The molecule has 9 rings (SSSR count). The van der Waals surface area contributed by atoms with Gasteiger partial charge >= 0.3 is 5.97 Å². The molecule has 0 bridgehead atoms. The van der Waals surface area contributed by atoms with Gasteiger partial charge in [-0.15, -0.1) is 0 Å². The van der Waals surface area contributed by atoms with E-state index in [0.29, 0.717) is 19.3 Å². The lowest BCUT2D eigenvalue weighted by Crippen LogP contribution is -2.64. The maximum Gasteiger partial charge on any atom is 0.375 e. The summed E-state index contributed by atoms with van der Waals surface area (Å²) in [6, 6.07) is 23.4. The van der Waals surface area contributed by atoms with Crippen molar-refractivity contribution in [1.82, 2.24) is 15.1 Å². The Balaban J connectivity index is 1.05. The Labute approximate surface area is 308 Å². The highest BCUT2D eigenvalue weighted by atomic mass is 19.1. The fraction of sp³-hybridized carbons (Fsp3) is 0.386. The van der Waals surface area contributed by atoms with E-state index in [-0.39, 0.29) is 46.7 Å². The fourth-order valence-corrected chi connectivity index (χ4v) is 11.2. The fourth-order valence-electron chi connectivity index (χ4n) is 11.2. The van der Waals surface area contributed by atoms with E-state index in [1.54, 1.807) is 24.3 Å². The van der Waals surface area contributed by atoms with E-state index >= 15 is 0 Å². The number of aromatic nitrogens is 2. The molecule has 3 saturated carbocycles. The van der Waals surface area contributed by atoms with Crippen LogP contribution in [0.1, 0.15) is 86.3 Å². The van der Waals surface area contributed by atoms with Crippen LogP contribution in [0.2, 0.25) is 0 Å². The largest absolute Gasteiger partial charge is 0.457 e. The topological polar surface area (TPSA) is 107 Å². The number of carbonyl (C=O) groups excluding carboxylic acids is 2. The zero-order valence-corrected chi connectivity index (χ0v) is 30.2. The molecule has 0 saturated heterocycles. The van der Waals surface area contributed by atoms with Crippen molar-refractivity contribution in [3.8, 4) is 5.69 Å². The lowest BCUT2D eigenvalue weighted by molar-refractivity contribution is -0.182. The van der Waals surface area contributed by atoms with Crippen LogP contribution in [0.5, 0.6) is 0 Å². The number of rotatable bonds is 6. The first-order chi connectivity index (χ1) is 25.5. The second-order valence-corrected chi connectivity index (χ2v) is 16.2. The van der Waals surface area contributed by atoms with Crippen molar-refractivity contribution in [1.29, 1.82) is 0 Å². The number of fused-ring (bicyclic) bond motifs is 7. The zero-order valence-electron chi connectivity index (χ0n) is 30.2. The van der Waals surface area contributed by atoms with Gasteiger partial charge in [0.2, 0.25) is 5.76 Å². The first kappa shape index (κ1) is 33.8. The van der Waals surface area contributed by atoms with E-state index in [1.807, 2.05) is 42.1 Å². The lowest BCUT2D eigenvalue weighted by Gasteiger charge is -2.60. The van der Waals surface area contributed by atoms with Gasteiger partial charge in [-0.05, 0) is 133 Å². The number of furan rings is 1. The minimum absolute atomic E-state index is 0.0284. The second kappa shape index (κ2) is 12.3. The molecule has 9 heteroatoms. The number of benzene rings is 3. The zero-order chi connectivity index (χ0) is 36.7. The third-order valence-corrected chi connectivity index (χ3v) is 13.6. The van der Waals surface area contributed by atoms with Crippen molar-refractivity contribution in [2.24, 2.45) is 28.6 Å². The van der Waals surface area contributed by atoms with Crippen molar-refractivity contribution in [3.05, 3.63) is 125 Å². The molecule has 0 spiro atoms. The Morgan fingerprint density at radius 1 is 1.04 bits per heavy atom. The molecule has 2 heterocycles. The Hall–Kier alpha value is -5.02. The van der Waals surface area contributed by atoms with Crippen LogP contribution in [0.4, 0.5) is 4.39 Å². The van der Waals surface area contributed by atoms with Crippen molar-refractivity contribution in [2.45, 2.75) is 77.0 Å². The minimum atomic E-state index is -1.53. The molecular weight excluding hydrogens is 669 g/mol. The number of hydrogen-bond donors (Lipinski definition) is 2. The van der Waals surface area contributed by atoms with Gasteiger partial charge in [-0.2, -0.15) is 5.10 Å². The summed E-state index contributed by atoms with van der Waals surface area (Å²) in [6.07, 6.45) is 8.57. The quantitative estimate of drug-likeness (QED) is 0.171. The summed E-state index contributed by atoms with van der Waals surface area (Å²) in [5, 5.41) is 22.5. The van der Waals surface area contributed by atoms with Gasteiger partial charge in [-0.3, -0.25) is 4.79 Å². The van der Waals surface area contributed by atoms with Crippen molar-refractivity contribution in [3.63, 3.8) is 0 Å². The number of aliphatic hydroxyl groups is 1. The molecule has 8 nitrogen and oxygen atoms in total. The van der Waals surface area contributed by atoms with E-state index in [0.717, 1.165) is 52.5 Å². The minimum Gasteiger partial charge on any atom is -0.457 e. The number of aliphatic hydroxyl groups excluding tert-OH is 1. The average molecular weight is 714 g/mol. The third-order valence-electron chi connectivity index (χ3n) is 13.6. The van der Waals surface area contributed by atoms with Gasteiger partial charge < -0.3 is 19.6 Å². The summed E-state index contributed by atoms with van der Waals surface area (Å²) in [7, 11) is 0. The van der Waals surface area contributed by atoms with Crippen molar-refractivity contribution >= 4 is 28.7 Å². The highest BCUT2D eigenvalue weighted by Crippen LogP contribution is 2.68. The number of halogens is 1. The third kappa shape index (κ3) is 5.07. The standard InChI is InChI=1S/C44H44FN3O5/c1-26(32-11-6-9-27-8-4-5-10-33(27)32)47-41(51)44(53-40(50)38-12-7-21-52-38)20-19-35-34-18-13-29-22-36-28(25-46-48(36)31-16-14-30(45)15-17-31)23-42(29,2)39(34)37(49)24-43(35,44)3/h4-12,14-17,21-22,25-26,34-35,37,39,49H,13,18-20,23-24H2,1-3H3,(H,47,51)/t26-,34?,35?,37?,39?,42?,43?,44-/m0/s1. The summed E-state index contributed by atoms with van der Waals surface area (Å²) < 4.78 is 27.5. The summed E-state index contributed by atoms with van der Waals surface area (Å²) >= 11 is 0. The maximum absolute atomic E-state index is 14.9. The number of amides is 1. The molecule has 5 aromatic rings. The number of nitrogens with one attached hydrogen (secondary N) is 1. The summed E-state index contributed by atoms with van der Waals surface area (Å²) in [5.74, 6) is -1.20. The van der Waals surface area contributed by atoms with Gasteiger partial charge in [0.05, 0.1) is 36.0 Å². The number of ether oxygens (including phenoxy) is 1. The summed E-state index contributed by atoms with van der Waals surface area (Å²) in [4.78, 5) is 28.7. The number of nitrogens with zero attached hydrogens (tertiary/aromatic N) is 2. The molecule has 4 aliphatic rings. The highest BCUT2D eigenvalue weighted by Gasteiger charge is 2.71. The van der Waals surface area contributed by atoms with Gasteiger partial charge in [0.1, 0.15) is 5.82 Å². The molecule has 2 N–H and O–H groups in total. The van der Waals surface area contributed by atoms with Crippen LogP contribution in [0.25, 0.3) is 22.5 Å². The molecule has 3 aromatic carbocycles. The van der Waals surface area contributed by atoms with Gasteiger partial charge in [0, 0.05) is 5.41 Å². The molecule has 6 unspecified atom stereocenters. The molecule has 2 aromatic heterocycles. The van der Waals surface area contributed by atoms with E-state index in [2.05, 4.69) is 43.4 Å². The lowest BCUT2D eigenvalue weighted by atomic mass is 9.45. The Morgan fingerprint density at radius 2 is 1.83 bits per heavy atom. The number of carbonyl (C=O) groups is 2. The van der Waals surface area contributed by atoms with Gasteiger partial charge in [0.15, 0.2) is 5.60 Å². The Kier molecular flexibility index (Phi) is 7.82. The van der Waals surface area contributed by atoms with Crippen LogP contribution in [0.15, 0.2) is 101 Å². The second-order valence-electron chi connectivity index (χ2n) is 16.2. The van der Waals surface area contributed by atoms with Crippen LogP contribution >= 0.6 is 0 Å². The highest BCUT2D eigenvalue weighted by molar-refractivity contribution is 5.94. The first-order valence-corrected chi connectivity index (χ1v) is 18.8. The Bertz CT molecular complexity index is 2260.